The largest absolute Gasteiger partial charge is 0.467 e. The minimum absolute atomic E-state index is 0.0168. The molecular formula is C20H17ClN2O2S2. The number of fused-ring (bicyclic) bond motifs is 1. The van der Waals surface area contributed by atoms with Crippen LogP contribution in [0.5, 0.6) is 0 Å². The predicted molar refractivity (Wildman–Crippen MR) is 112 cm³/mol. The van der Waals surface area contributed by atoms with Crippen molar-refractivity contribution >= 4 is 44.9 Å². The average molecular weight is 417 g/mol. The zero-order valence-electron chi connectivity index (χ0n) is 14.9. The molecule has 0 aliphatic heterocycles. The van der Waals surface area contributed by atoms with Crippen molar-refractivity contribution in [3.63, 3.8) is 0 Å². The summed E-state index contributed by atoms with van der Waals surface area (Å²) in [6.07, 6.45) is 1.62. The highest BCUT2D eigenvalue weighted by molar-refractivity contribution is 7.98. The molecule has 0 unspecified atom stereocenters. The first kappa shape index (κ1) is 18.3. The molecular weight excluding hydrogens is 400 g/mol. The van der Waals surface area contributed by atoms with E-state index in [1.165, 1.54) is 0 Å². The van der Waals surface area contributed by atoms with Crippen LogP contribution in [0.4, 0.5) is 0 Å². The molecule has 4 nitrogen and oxygen atoms in total. The molecule has 0 aliphatic carbocycles. The van der Waals surface area contributed by atoms with Crippen molar-refractivity contribution in [1.29, 1.82) is 0 Å². The second-order valence-electron chi connectivity index (χ2n) is 6.24. The molecule has 4 rings (SSSR count). The lowest BCUT2D eigenvalue weighted by atomic mass is 10.2. The van der Waals surface area contributed by atoms with Gasteiger partial charge in [0, 0.05) is 15.7 Å². The van der Waals surface area contributed by atoms with Gasteiger partial charge in [0.15, 0.2) is 5.16 Å². The molecule has 0 spiro atoms. The number of benzene rings is 1. The molecule has 27 heavy (non-hydrogen) atoms. The van der Waals surface area contributed by atoms with E-state index in [-0.39, 0.29) is 5.56 Å². The van der Waals surface area contributed by atoms with Crippen LogP contribution < -0.4 is 5.56 Å². The smallest absolute Gasteiger partial charge is 0.263 e. The van der Waals surface area contributed by atoms with Gasteiger partial charge >= 0.3 is 0 Å². The van der Waals surface area contributed by atoms with Crippen LogP contribution in [0.1, 0.15) is 21.8 Å². The Morgan fingerprint density at radius 1 is 1.22 bits per heavy atom. The minimum atomic E-state index is -0.0168. The van der Waals surface area contributed by atoms with Crippen LogP contribution in [0, 0.1) is 13.8 Å². The van der Waals surface area contributed by atoms with Gasteiger partial charge in [0.25, 0.3) is 5.56 Å². The Bertz CT molecular complexity index is 1150. The number of thioether (sulfide) groups is 1. The number of aryl methyl sites for hydroxylation is 2. The standard InChI is InChI=1S/C20H17ClN2O2S2/c1-12-13(2)27-18-17(12)19(24)23(10-16-4-3-9-25-16)20(22-18)26-11-14-5-7-15(21)8-6-14/h3-9H,10-11H2,1-2H3. The summed E-state index contributed by atoms with van der Waals surface area (Å²) >= 11 is 9.08. The molecule has 7 heteroatoms. The Labute approximate surface area is 169 Å². The topological polar surface area (TPSA) is 48.0 Å². The van der Waals surface area contributed by atoms with Gasteiger partial charge in [-0.15, -0.1) is 11.3 Å². The van der Waals surface area contributed by atoms with Gasteiger partial charge in [0.1, 0.15) is 10.6 Å². The van der Waals surface area contributed by atoms with Crippen molar-refractivity contribution in [2.24, 2.45) is 0 Å². The number of rotatable bonds is 5. The van der Waals surface area contributed by atoms with Crippen molar-refractivity contribution in [2.75, 3.05) is 0 Å². The molecule has 1 aromatic carbocycles. The maximum absolute atomic E-state index is 13.2. The Hall–Kier alpha value is -2.02. The average Bonchev–Trinajstić information content (AvgIpc) is 3.26. The van der Waals surface area contributed by atoms with Crippen molar-refractivity contribution in [2.45, 2.75) is 31.3 Å². The number of thiophene rings is 1. The molecule has 4 aromatic rings. The van der Waals surface area contributed by atoms with Gasteiger partial charge in [-0.1, -0.05) is 35.5 Å². The van der Waals surface area contributed by atoms with E-state index in [9.17, 15) is 4.79 Å². The molecule has 0 amide bonds. The SMILES string of the molecule is Cc1sc2nc(SCc3ccc(Cl)cc3)n(Cc3ccco3)c(=O)c2c1C. The normalized spacial score (nSPS) is 11.4. The number of nitrogens with zero attached hydrogens (tertiary/aromatic N) is 2. The lowest BCUT2D eigenvalue weighted by molar-refractivity contribution is 0.476. The third-order valence-corrected chi connectivity index (χ3v) is 6.83. The van der Waals surface area contributed by atoms with Crippen LogP contribution in [0.15, 0.2) is 57.0 Å². The maximum atomic E-state index is 13.2. The fraction of sp³-hybridized carbons (Fsp3) is 0.200. The van der Waals surface area contributed by atoms with Gasteiger partial charge in [0.05, 0.1) is 18.2 Å². The Morgan fingerprint density at radius 3 is 2.70 bits per heavy atom. The molecule has 0 fully saturated rings. The monoisotopic (exact) mass is 416 g/mol. The highest BCUT2D eigenvalue weighted by Gasteiger charge is 2.17. The number of hydrogen-bond donors (Lipinski definition) is 0. The number of aromatic nitrogens is 2. The van der Waals surface area contributed by atoms with Crippen molar-refractivity contribution < 1.29 is 4.42 Å². The van der Waals surface area contributed by atoms with E-state index < -0.39 is 0 Å². The van der Waals surface area contributed by atoms with Crippen LogP contribution in [0.3, 0.4) is 0 Å². The fourth-order valence-corrected chi connectivity index (χ4v) is 5.00. The second-order valence-corrected chi connectivity index (χ2v) is 8.83. The summed E-state index contributed by atoms with van der Waals surface area (Å²) in [5, 5.41) is 2.11. The maximum Gasteiger partial charge on any atom is 0.263 e. The summed E-state index contributed by atoms with van der Waals surface area (Å²) < 4.78 is 7.17. The van der Waals surface area contributed by atoms with Gasteiger partial charge < -0.3 is 4.42 Å². The molecule has 0 radical (unpaired) electrons. The van der Waals surface area contributed by atoms with Gasteiger partial charge in [-0.2, -0.15) is 0 Å². The molecule has 0 aliphatic rings. The first-order chi connectivity index (χ1) is 13.0. The lowest BCUT2D eigenvalue weighted by Crippen LogP contribution is -2.23. The van der Waals surface area contributed by atoms with Gasteiger partial charge in [-0.25, -0.2) is 4.98 Å². The van der Waals surface area contributed by atoms with E-state index in [1.54, 1.807) is 33.9 Å². The number of halogens is 1. The first-order valence-electron chi connectivity index (χ1n) is 8.43. The molecule has 0 bridgehead atoms. The zero-order valence-corrected chi connectivity index (χ0v) is 17.2. The molecule has 3 heterocycles. The van der Waals surface area contributed by atoms with Crippen molar-refractivity contribution in [3.05, 3.63) is 79.8 Å². The summed E-state index contributed by atoms with van der Waals surface area (Å²) in [6.45, 7) is 4.37. The van der Waals surface area contributed by atoms with Gasteiger partial charge in [0.2, 0.25) is 0 Å². The lowest BCUT2D eigenvalue weighted by Gasteiger charge is -2.11. The third-order valence-electron chi connectivity index (χ3n) is 4.43. The molecule has 0 atom stereocenters. The third kappa shape index (κ3) is 3.70. The number of hydrogen-bond acceptors (Lipinski definition) is 5. The van der Waals surface area contributed by atoms with E-state index >= 15 is 0 Å². The molecule has 3 aromatic heterocycles. The minimum Gasteiger partial charge on any atom is -0.467 e. The summed E-state index contributed by atoms with van der Waals surface area (Å²) in [5.74, 6) is 1.44. The van der Waals surface area contributed by atoms with Gasteiger partial charge in [-0.05, 0) is 49.2 Å². The molecule has 0 saturated carbocycles. The molecule has 0 N–H and O–H groups in total. The van der Waals surface area contributed by atoms with E-state index in [4.69, 9.17) is 21.0 Å². The van der Waals surface area contributed by atoms with Crippen LogP contribution in [-0.2, 0) is 12.3 Å². The Morgan fingerprint density at radius 2 is 2.00 bits per heavy atom. The van der Waals surface area contributed by atoms with Gasteiger partial charge in [-0.3, -0.25) is 9.36 Å². The summed E-state index contributed by atoms with van der Waals surface area (Å²) in [5.41, 5.74) is 2.12. The fourth-order valence-electron chi connectivity index (χ4n) is 2.85. The highest BCUT2D eigenvalue weighted by Crippen LogP contribution is 2.30. The van der Waals surface area contributed by atoms with Crippen molar-refractivity contribution in [1.82, 2.24) is 9.55 Å². The van der Waals surface area contributed by atoms with Crippen molar-refractivity contribution in [3.8, 4) is 0 Å². The summed E-state index contributed by atoms with van der Waals surface area (Å²) in [7, 11) is 0. The molecule has 138 valence electrons. The quantitative estimate of drug-likeness (QED) is 0.311. The van der Waals surface area contributed by atoms with E-state index in [1.807, 2.05) is 50.2 Å². The summed E-state index contributed by atoms with van der Waals surface area (Å²) in [4.78, 5) is 20.0. The zero-order chi connectivity index (χ0) is 19.0. The van der Waals surface area contributed by atoms with Crippen LogP contribution in [-0.4, -0.2) is 9.55 Å². The number of furan rings is 1. The van der Waals surface area contributed by atoms with Crippen LogP contribution in [0.25, 0.3) is 10.2 Å². The van der Waals surface area contributed by atoms with E-state index in [0.717, 1.165) is 26.6 Å². The van der Waals surface area contributed by atoms with E-state index in [2.05, 4.69) is 0 Å². The Kier molecular flexibility index (Phi) is 5.12. The highest BCUT2D eigenvalue weighted by atomic mass is 35.5. The van der Waals surface area contributed by atoms with Crippen LogP contribution >= 0.6 is 34.7 Å². The van der Waals surface area contributed by atoms with E-state index in [0.29, 0.717) is 27.9 Å². The predicted octanol–water partition coefficient (Wildman–Crippen LogP) is 5.66. The molecule has 0 saturated heterocycles. The van der Waals surface area contributed by atoms with Crippen LogP contribution in [0.2, 0.25) is 5.02 Å². The Balaban J connectivity index is 1.76. The summed E-state index contributed by atoms with van der Waals surface area (Å²) in [6, 6.07) is 11.4. The first-order valence-corrected chi connectivity index (χ1v) is 10.6. The second kappa shape index (κ2) is 7.54.